The van der Waals surface area contributed by atoms with Gasteiger partial charge in [-0.2, -0.15) is 0 Å². The van der Waals surface area contributed by atoms with Gasteiger partial charge in [-0.25, -0.2) is 0 Å². The summed E-state index contributed by atoms with van der Waals surface area (Å²) in [6.45, 7) is 14.6. The molecule has 0 saturated carbocycles. The van der Waals surface area contributed by atoms with Crippen molar-refractivity contribution < 1.29 is 33.6 Å². The van der Waals surface area contributed by atoms with Crippen LogP contribution in [0.3, 0.4) is 0 Å². The third-order valence-electron chi connectivity index (χ3n) is 3.83. The first-order valence-corrected chi connectivity index (χ1v) is 10.0. The zero-order valence-corrected chi connectivity index (χ0v) is 17.9. The predicted octanol–water partition coefficient (Wildman–Crippen LogP) is 3.29. The Balaban J connectivity index is 3.73. The van der Waals surface area contributed by atoms with Crippen molar-refractivity contribution >= 4 is 5.97 Å². The number of carboxylic acids is 1. The molecule has 0 fully saturated rings. The van der Waals surface area contributed by atoms with Crippen molar-refractivity contribution in [3.8, 4) is 0 Å². The number of hydrogen-bond acceptors (Lipinski definition) is 6. The van der Waals surface area contributed by atoms with E-state index in [4.69, 9.17) is 28.8 Å². The molecule has 0 bridgehead atoms. The molecular formula is C20H40O7. The first kappa shape index (κ1) is 26.3. The van der Waals surface area contributed by atoms with Crippen LogP contribution in [0.4, 0.5) is 0 Å². The minimum absolute atomic E-state index is 0.00373. The van der Waals surface area contributed by atoms with E-state index in [1.54, 1.807) is 0 Å². The van der Waals surface area contributed by atoms with E-state index in [0.717, 1.165) is 13.0 Å². The Bertz CT molecular complexity index is 364. The van der Waals surface area contributed by atoms with Gasteiger partial charge in [0.2, 0.25) is 0 Å². The normalized spacial score (nSPS) is 17.3. The molecule has 0 amide bonds. The Morgan fingerprint density at radius 3 is 1.44 bits per heavy atom. The number of aliphatic carboxylic acids is 1. The van der Waals surface area contributed by atoms with Crippen LogP contribution in [0, 0.1) is 0 Å². The van der Waals surface area contributed by atoms with Crippen LogP contribution in [-0.4, -0.2) is 74.6 Å². The molecule has 162 valence electrons. The highest BCUT2D eigenvalue weighted by Crippen LogP contribution is 2.05. The molecule has 7 heteroatoms. The molecule has 0 aliphatic carbocycles. The molecule has 0 saturated heterocycles. The largest absolute Gasteiger partial charge is 0.481 e. The second-order valence-electron chi connectivity index (χ2n) is 7.19. The van der Waals surface area contributed by atoms with Crippen LogP contribution in [0.5, 0.6) is 0 Å². The van der Waals surface area contributed by atoms with Crippen molar-refractivity contribution in [2.45, 2.75) is 91.3 Å². The van der Waals surface area contributed by atoms with Gasteiger partial charge in [0, 0.05) is 13.0 Å². The summed E-state index contributed by atoms with van der Waals surface area (Å²) < 4.78 is 28.4. The Kier molecular flexibility index (Phi) is 15.8. The summed E-state index contributed by atoms with van der Waals surface area (Å²) in [5.74, 6) is -0.804. The molecule has 0 aliphatic rings. The van der Waals surface area contributed by atoms with Gasteiger partial charge in [0.15, 0.2) is 0 Å². The molecule has 5 atom stereocenters. The molecule has 7 nitrogen and oxygen atoms in total. The lowest BCUT2D eigenvalue weighted by atomic mass is 10.2. The van der Waals surface area contributed by atoms with Gasteiger partial charge in [0.25, 0.3) is 0 Å². The predicted molar refractivity (Wildman–Crippen MR) is 104 cm³/mol. The highest BCUT2D eigenvalue weighted by molar-refractivity contribution is 5.66. The van der Waals surface area contributed by atoms with Gasteiger partial charge in [0.05, 0.1) is 56.9 Å². The average molecular weight is 393 g/mol. The second kappa shape index (κ2) is 16.2. The maximum atomic E-state index is 10.5. The standard InChI is InChI=1S/C20H40O7/c1-7-10-23-16(3)11-25-18(5)13-27-19(6)14-26-17(4)12-24-15(2)8-9-20(21)22/h15-19H,7-14H2,1-6H3,(H,21,22). The lowest BCUT2D eigenvalue weighted by Crippen LogP contribution is -2.28. The molecule has 0 aromatic carbocycles. The summed E-state index contributed by atoms with van der Waals surface area (Å²) in [7, 11) is 0. The fourth-order valence-corrected chi connectivity index (χ4v) is 2.12. The molecule has 0 spiro atoms. The Hall–Kier alpha value is -0.730. The van der Waals surface area contributed by atoms with Crippen LogP contribution >= 0.6 is 0 Å². The van der Waals surface area contributed by atoms with E-state index in [9.17, 15) is 4.79 Å². The maximum Gasteiger partial charge on any atom is 0.303 e. The van der Waals surface area contributed by atoms with E-state index in [2.05, 4.69) is 6.92 Å². The Morgan fingerprint density at radius 1 is 0.704 bits per heavy atom. The van der Waals surface area contributed by atoms with Crippen LogP contribution in [0.25, 0.3) is 0 Å². The minimum atomic E-state index is -0.804. The van der Waals surface area contributed by atoms with E-state index in [1.165, 1.54) is 0 Å². The van der Waals surface area contributed by atoms with E-state index < -0.39 is 5.97 Å². The molecule has 0 radical (unpaired) electrons. The lowest BCUT2D eigenvalue weighted by Gasteiger charge is -2.22. The third kappa shape index (κ3) is 17.1. The third-order valence-corrected chi connectivity index (χ3v) is 3.83. The SMILES string of the molecule is CCCOC(C)COC(C)COC(C)COC(C)COC(C)CCC(=O)O. The van der Waals surface area contributed by atoms with Crippen LogP contribution < -0.4 is 0 Å². The maximum absolute atomic E-state index is 10.5. The Morgan fingerprint density at radius 2 is 1.07 bits per heavy atom. The fourth-order valence-electron chi connectivity index (χ4n) is 2.12. The van der Waals surface area contributed by atoms with Crippen molar-refractivity contribution in [2.75, 3.05) is 33.0 Å². The van der Waals surface area contributed by atoms with E-state index in [0.29, 0.717) is 32.8 Å². The van der Waals surface area contributed by atoms with Crippen LogP contribution in [0.2, 0.25) is 0 Å². The highest BCUT2D eigenvalue weighted by atomic mass is 16.6. The van der Waals surface area contributed by atoms with Gasteiger partial charge in [-0.15, -0.1) is 0 Å². The van der Waals surface area contributed by atoms with Crippen LogP contribution in [-0.2, 0) is 28.5 Å². The average Bonchev–Trinajstić information content (AvgIpc) is 2.63. The monoisotopic (exact) mass is 392 g/mol. The second-order valence-corrected chi connectivity index (χ2v) is 7.19. The fraction of sp³-hybridized carbons (Fsp3) is 0.950. The van der Waals surface area contributed by atoms with Crippen molar-refractivity contribution in [2.24, 2.45) is 0 Å². The topological polar surface area (TPSA) is 83.5 Å². The Labute approximate surface area is 164 Å². The van der Waals surface area contributed by atoms with Gasteiger partial charge in [0.1, 0.15) is 0 Å². The lowest BCUT2D eigenvalue weighted by molar-refractivity contribution is -0.138. The number of rotatable bonds is 18. The molecular weight excluding hydrogens is 352 g/mol. The van der Waals surface area contributed by atoms with Crippen molar-refractivity contribution in [3.05, 3.63) is 0 Å². The van der Waals surface area contributed by atoms with Crippen molar-refractivity contribution in [1.29, 1.82) is 0 Å². The zero-order chi connectivity index (χ0) is 20.7. The summed E-state index contributed by atoms with van der Waals surface area (Å²) in [5, 5.41) is 8.66. The van der Waals surface area contributed by atoms with Gasteiger partial charge >= 0.3 is 5.97 Å². The van der Waals surface area contributed by atoms with E-state index in [-0.39, 0.29) is 36.9 Å². The first-order chi connectivity index (χ1) is 12.7. The number of ether oxygens (including phenoxy) is 5. The molecule has 0 aromatic rings. The molecule has 27 heavy (non-hydrogen) atoms. The van der Waals surface area contributed by atoms with E-state index in [1.807, 2.05) is 34.6 Å². The summed E-state index contributed by atoms with van der Waals surface area (Å²) in [6.07, 6.45) is 1.49. The smallest absolute Gasteiger partial charge is 0.303 e. The summed E-state index contributed by atoms with van der Waals surface area (Å²) in [5.41, 5.74) is 0. The summed E-state index contributed by atoms with van der Waals surface area (Å²) in [4.78, 5) is 10.5. The van der Waals surface area contributed by atoms with Gasteiger partial charge in [-0.05, 0) is 47.5 Å². The minimum Gasteiger partial charge on any atom is -0.481 e. The van der Waals surface area contributed by atoms with Crippen molar-refractivity contribution in [3.63, 3.8) is 0 Å². The van der Waals surface area contributed by atoms with Gasteiger partial charge in [-0.1, -0.05) is 6.92 Å². The van der Waals surface area contributed by atoms with Crippen molar-refractivity contribution in [1.82, 2.24) is 0 Å². The van der Waals surface area contributed by atoms with Crippen LogP contribution in [0.1, 0.15) is 60.8 Å². The first-order valence-electron chi connectivity index (χ1n) is 10.0. The van der Waals surface area contributed by atoms with Crippen LogP contribution in [0.15, 0.2) is 0 Å². The van der Waals surface area contributed by atoms with Gasteiger partial charge < -0.3 is 28.8 Å². The number of hydrogen-bond donors (Lipinski definition) is 1. The number of carbonyl (C=O) groups is 1. The molecule has 0 heterocycles. The zero-order valence-electron chi connectivity index (χ0n) is 17.9. The summed E-state index contributed by atoms with van der Waals surface area (Å²) >= 11 is 0. The molecule has 0 aromatic heterocycles. The number of carboxylic acid groups (broad SMARTS) is 1. The molecule has 0 aliphatic heterocycles. The van der Waals surface area contributed by atoms with E-state index >= 15 is 0 Å². The highest BCUT2D eigenvalue weighted by Gasteiger charge is 2.13. The summed E-state index contributed by atoms with van der Waals surface area (Å²) in [6, 6.07) is 0. The molecule has 0 rings (SSSR count). The molecule has 1 N–H and O–H groups in total. The molecule has 5 unspecified atom stereocenters. The quantitative estimate of drug-likeness (QED) is 0.383. The van der Waals surface area contributed by atoms with Gasteiger partial charge in [-0.3, -0.25) is 4.79 Å².